The van der Waals surface area contributed by atoms with E-state index in [2.05, 4.69) is 46.2 Å². The minimum absolute atomic E-state index is 0.162. The molecule has 2 aromatic rings. The monoisotopic (exact) mass is 532 g/mol. The number of rotatable bonds is 5. The van der Waals surface area contributed by atoms with E-state index in [0.29, 0.717) is 24.5 Å². The number of ketones is 3. The van der Waals surface area contributed by atoms with Crippen molar-refractivity contribution in [2.75, 3.05) is 46.8 Å². The van der Waals surface area contributed by atoms with Gasteiger partial charge in [-0.3, -0.25) is 24.4 Å². The van der Waals surface area contributed by atoms with Crippen molar-refractivity contribution in [2.45, 2.75) is 50.6 Å². The van der Waals surface area contributed by atoms with Crippen molar-refractivity contribution in [3.63, 3.8) is 0 Å². The molecule has 0 amide bonds. The van der Waals surface area contributed by atoms with Crippen molar-refractivity contribution in [1.82, 2.24) is 30.2 Å². The predicted octanol–water partition coefficient (Wildman–Crippen LogP) is 1.92. The lowest BCUT2D eigenvalue weighted by Gasteiger charge is -2.63. The van der Waals surface area contributed by atoms with Crippen LogP contribution in [0.2, 0.25) is 0 Å². The molecule has 3 fully saturated rings. The Hall–Kier alpha value is -2.85. The van der Waals surface area contributed by atoms with E-state index in [9.17, 15) is 14.4 Å². The van der Waals surface area contributed by atoms with Crippen molar-refractivity contribution in [3.8, 4) is 0 Å². The maximum absolute atomic E-state index is 15.0. The second-order valence-electron chi connectivity index (χ2n) is 12.2. The Kier molecular flexibility index (Phi) is 7.08. The van der Waals surface area contributed by atoms with Gasteiger partial charge in [0.05, 0.1) is 5.54 Å². The van der Waals surface area contributed by atoms with Gasteiger partial charge >= 0.3 is 0 Å². The minimum Gasteiger partial charge on any atom is -0.303 e. The number of carbonyl (C=O) groups is 3. The van der Waals surface area contributed by atoms with Crippen LogP contribution in [0.4, 0.5) is 0 Å². The van der Waals surface area contributed by atoms with Gasteiger partial charge in [-0.15, -0.1) is 0 Å². The van der Waals surface area contributed by atoms with Crippen molar-refractivity contribution < 1.29 is 14.4 Å². The van der Waals surface area contributed by atoms with Crippen molar-refractivity contribution in [3.05, 3.63) is 60.2 Å². The van der Waals surface area contributed by atoms with Gasteiger partial charge in [0.1, 0.15) is 11.2 Å². The number of pyridine rings is 2. The molecule has 5 atom stereocenters. The molecule has 2 aromatic heterocycles. The summed E-state index contributed by atoms with van der Waals surface area (Å²) < 4.78 is 0. The van der Waals surface area contributed by atoms with Gasteiger partial charge in [-0.1, -0.05) is 19.1 Å². The zero-order valence-electron chi connectivity index (χ0n) is 23.8. The van der Waals surface area contributed by atoms with E-state index in [1.165, 1.54) is 13.8 Å². The summed E-state index contributed by atoms with van der Waals surface area (Å²) in [6.45, 7) is 10.5. The largest absolute Gasteiger partial charge is 0.303 e. The quantitative estimate of drug-likeness (QED) is 0.579. The highest BCUT2D eigenvalue weighted by atomic mass is 16.2. The van der Waals surface area contributed by atoms with Crippen LogP contribution in [-0.4, -0.2) is 100 Å². The van der Waals surface area contributed by atoms with Gasteiger partial charge in [0.15, 0.2) is 17.1 Å². The van der Waals surface area contributed by atoms with Crippen LogP contribution in [-0.2, 0) is 14.4 Å². The van der Waals surface area contributed by atoms with Crippen molar-refractivity contribution in [2.24, 2.45) is 11.3 Å². The maximum Gasteiger partial charge on any atom is 0.177 e. The molecule has 39 heavy (non-hydrogen) atoms. The predicted molar refractivity (Wildman–Crippen MR) is 148 cm³/mol. The number of fused-ring (bicyclic) bond motifs is 2. The van der Waals surface area contributed by atoms with Gasteiger partial charge < -0.3 is 9.80 Å². The van der Waals surface area contributed by atoms with Gasteiger partial charge in [0.2, 0.25) is 0 Å². The average molecular weight is 533 g/mol. The van der Waals surface area contributed by atoms with Gasteiger partial charge in [-0.25, -0.2) is 10.4 Å². The Morgan fingerprint density at radius 2 is 1.41 bits per heavy atom. The molecule has 1 aliphatic carbocycles. The second kappa shape index (κ2) is 9.96. The molecular formula is C30H40N6O3. The summed E-state index contributed by atoms with van der Waals surface area (Å²) >= 11 is 0. The molecule has 2 saturated heterocycles. The molecule has 1 N–H and O–H groups in total. The van der Waals surface area contributed by atoms with Gasteiger partial charge in [0.25, 0.3) is 0 Å². The van der Waals surface area contributed by atoms with Gasteiger partial charge in [0, 0.05) is 68.3 Å². The molecule has 4 heterocycles. The Morgan fingerprint density at radius 1 is 0.872 bits per heavy atom. The fraction of sp³-hybridized carbons (Fsp3) is 0.567. The molecule has 2 aliphatic heterocycles. The lowest BCUT2D eigenvalue weighted by atomic mass is 9.47. The molecule has 0 radical (unpaired) electrons. The summed E-state index contributed by atoms with van der Waals surface area (Å²) in [5.74, 6) is -2.32. The first kappa shape index (κ1) is 27.7. The number of likely N-dealkylation sites (N-methyl/N-ethyl adjacent to an activating group) is 2. The SMILES string of the molecule is CC(=O)C12CN(C3(C)CN(C)CCN(C)C3)NC(C(C)=O)(C1=O)C(c1ccccn1)C(C)C2c1ccccn1. The van der Waals surface area contributed by atoms with E-state index >= 15 is 0 Å². The van der Waals surface area contributed by atoms with Crippen LogP contribution in [0.5, 0.6) is 0 Å². The number of Topliss-reactive ketones (excluding diaryl/α,β-unsaturated/α-hetero) is 3. The van der Waals surface area contributed by atoms with E-state index in [0.717, 1.165) is 13.1 Å². The van der Waals surface area contributed by atoms with E-state index < -0.39 is 28.3 Å². The smallest absolute Gasteiger partial charge is 0.177 e. The molecule has 208 valence electrons. The average Bonchev–Trinajstić information content (AvgIpc) is 3.03. The second-order valence-corrected chi connectivity index (χ2v) is 12.2. The van der Waals surface area contributed by atoms with E-state index in [1.807, 2.05) is 48.3 Å². The lowest BCUT2D eigenvalue weighted by Crippen LogP contribution is -2.84. The minimum atomic E-state index is -1.64. The van der Waals surface area contributed by atoms with Crippen LogP contribution < -0.4 is 5.43 Å². The van der Waals surface area contributed by atoms with Crippen LogP contribution in [0, 0.1) is 11.3 Å². The molecular weight excluding hydrogens is 492 g/mol. The molecule has 0 aromatic carbocycles. The maximum atomic E-state index is 15.0. The summed E-state index contributed by atoms with van der Waals surface area (Å²) in [5, 5.41) is 2.05. The number of carbonyl (C=O) groups excluding carboxylic acids is 3. The number of hydrogen-bond acceptors (Lipinski definition) is 9. The number of nitrogens with one attached hydrogen (secondary N) is 1. The third-order valence-corrected chi connectivity index (χ3v) is 9.46. The molecule has 5 rings (SSSR count). The first-order valence-electron chi connectivity index (χ1n) is 13.8. The molecule has 5 unspecified atom stereocenters. The first-order chi connectivity index (χ1) is 18.5. The fourth-order valence-electron chi connectivity index (χ4n) is 7.75. The van der Waals surface area contributed by atoms with E-state index in [4.69, 9.17) is 0 Å². The molecule has 0 spiro atoms. The molecule has 3 aliphatic rings. The number of nitrogens with zero attached hydrogens (tertiary/aromatic N) is 5. The van der Waals surface area contributed by atoms with E-state index in [-0.39, 0.29) is 29.8 Å². The zero-order valence-corrected chi connectivity index (χ0v) is 23.8. The summed E-state index contributed by atoms with van der Waals surface area (Å²) in [6.07, 6.45) is 3.40. The molecule has 2 bridgehead atoms. The zero-order chi connectivity index (χ0) is 28.2. The highest BCUT2D eigenvalue weighted by molar-refractivity contribution is 6.22. The van der Waals surface area contributed by atoms with Crippen LogP contribution >= 0.6 is 0 Å². The standard InChI is InChI=1S/C30H40N6O3/c1-20-25(23-11-7-9-13-31-23)29(21(2)37)19-36(28(4)17-34(5)15-16-35(6)18-28)33-30(22(3)38,27(29)39)26(20)24-12-8-10-14-32-24/h7-14,20,25-26,33H,15-19H2,1-6H3. The van der Waals surface area contributed by atoms with E-state index in [1.54, 1.807) is 12.4 Å². The Bertz CT molecular complexity index is 1170. The van der Waals surface area contributed by atoms with Crippen molar-refractivity contribution in [1.29, 1.82) is 0 Å². The molecule has 9 nitrogen and oxygen atoms in total. The molecule has 9 heteroatoms. The summed E-state index contributed by atoms with van der Waals surface area (Å²) in [4.78, 5) is 56.7. The van der Waals surface area contributed by atoms with Crippen LogP contribution in [0.3, 0.4) is 0 Å². The first-order valence-corrected chi connectivity index (χ1v) is 13.8. The highest BCUT2D eigenvalue weighted by Gasteiger charge is 2.73. The van der Waals surface area contributed by atoms with Gasteiger partial charge in [-0.05, 0) is 65.0 Å². The number of aromatic nitrogens is 2. The summed E-state index contributed by atoms with van der Waals surface area (Å²) in [7, 11) is 4.18. The Balaban J connectivity index is 1.80. The number of hydrogen-bond donors (Lipinski definition) is 1. The summed E-state index contributed by atoms with van der Waals surface area (Å²) in [6, 6.07) is 11.2. The van der Waals surface area contributed by atoms with Crippen LogP contribution in [0.25, 0.3) is 0 Å². The topological polar surface area (TPSA) is 98.7 Å². The normalized spacial score (nSPS) is 33.9. The van der Waals surface area contributed by atoms with Gasteiger partial charge in [-0.2, -0.15) is 0 Å². The van der Waals surface area contributed by atoms with Crippen LogP contribution in [0.15, 0.2) is 48.8 Å². The van der Waals surface area contributed by atoms with Crippen molar-refractivity contribution >= 4 is 17.3 Å². The Morgan fingerprint density at radius 3 is 1.87 bits per heavy atom. The number of hydrazine groups is 1. The highest BCUT2D eigenvalue weighted by Crippen LogP contribution is 2.59. The Labute approximate surface area is 230 Å². The van der Waals surface area contributed by atoms with Crippen LogP contribution in [0.1, 0.15) is 50.9 Å². The third kappa shape index (κ3) is 4.18. The lowest BCUT2D eigenvalue weighted by molar-refractivity contribution is -0.182. The fourth-order valence-corrected chi connectivity index (χ4v) is 7.75. The third-order valence-electron chi connectivity index (χ3n) is 9.46. The summed E-state index contributed by atoms with van der Waals surface area (Å²) in [5.41, 5.74) is 1.27. The molecule has 1 saturated carbocycles.